The second-order valence-electron chi connectivity index (χ2n) is 8.46. The van der Waals surface area contributed by atoms with E-state index in [1.807, 2.05) is 13.8 Å². The molecule has 0 aliphatic rings. The Morgan fingerprint density at radius 1 is 1.03 bits per heavy atom. The minimum Gasteiger partial charge on any atom is -0.355 e. The number of carbonyl (C=O) groups is 2. The highest BCUT2D eigenvalue weighted by Crippen LogP contribution is 2.27. The van der Waals surface area contributed by atoms with Crippen LogP contribution in [-0.4, -0.2) is 50.5 Å². The summed E-state index contributed by atoms with van der Waals surface area (Å²) in [6.45, 7) is 6.13. The Morgan fingerprint density at radius 3 is 2.31 bits per heavy atom. The van der Waals surface area contributed by atoms with Crippen LogP contribution in [0.5, 0.6) is 0 Å². The molecule has 36 heavy (non-hydrogen) atoms. The number of anilines is 1. The molecule has 1 atom stereocenters. The number of nitrogens with one attached hydrogen (secondary N) is 1. The maximum atomic E-state index is 13.4. The van der Waals surface area contributed by atoms with Gasteiger partial charge in [-0.1, -0.05) is 53.9 Å². The Hall–Kier alpha value is -2.00. The molecule has 0 fully saturated rings. The number of likely N-dealkylation sites (N-methyl/N-ethyl adjacent to an activating group) is 1. The van der Waals surface area contributed by atoms with Crippen molar-refractivity contribution in [2.75, 3.05) is 23.7 Å². The van der Waals surface area contributed by atoms with Crippen LogP contribution in [0.2, 0.25) is 15.1 Å². The Balaban J connectivity index is 2.26. The first-order valence-corrected chi connectivity index (χ1v) is 14.6. The molecule has 0 heterocycles. The van der Waals surface area contributed by atoms with Gasteiger partial charge in [-0.3, -0.25) is 13.9 Å². The van der Waals surface area contributed by atoms with E-state index in [1.54, 1.807) is 43.3 Å². The number of amides is 2. The van der Waals surface area contributed by atoms with Gasteiger partial charge in [0.05, 0.1) is 22.0 Å². The fourth-order valence-corrected chi connectivity index (χ4v) is 5.38. The van der Waals surface area contributed by atoms with Crippen LogP contribution in [0.1, 0.15) is 44.2 Å². The standard InChI is InChI=1S/C25H32Cl3N3O4S/c1-5-22(25(33)29-6-2)30(16-18-10-12-20(27)21(28)14-18)24(32)8-7-13-31(36(4,34)35)23-15-19(26)11-9-17(23)3/h9-12,14-15,22H,5-8,13,16H2,1-4H3,(H,29,33)/t22-/m1/s1. The maximum Gasteiger partial charge on any atom is 0.242 e. The molecule has 1 N–H and O–H groups in total. The zero-order valence-corrected chi connectivity index (χ0v) is 23.9. The highest BCUT2D eigenvalue weighted by Gasteiger charge is 2.29. The number of hydrogen-bond donors (Lipinski definition) is 1. The van der Waals surface area contributed by atoms with E-state index in [-0.39, 0.29) is 37.7 Å². The van der Waals surface area contributed by atoms with Gasteiger partial charge in [-0.2, -0.15) is 0 Å². The maximum absolute atomic E-state index is 13.4. The van der Waals surface area contributed by atoms with E-state index in [2.05, 4.69) is 5.32 Å². The SMILES string of the molecule is CCNC(=O)[C@@H](CC)N(Cc1ccc(Cl)c(Cl)c1)C(=O)CCCN(c1cc(Cl)ccc1C)S(C)(=O)=O. The van der Waals surface area contributed by atoms with Gasteiger partial charge in [-0.25, -0.2) is 8.42 Å². The largest absolute Gasteiger partial charge is 0.355 e. The third-order valence-electron chi connectivity index (χ3n) is 5.67. The molecule has 2 rings (SSSR count). The fraction of sp³-hybridized carbons (Fsp3) is 0.440. The zero-order valence-electron chi connectivity index (χ0n) is 20.9. The van der Waals surface area contributed by atoms with Gasteiger partial charge in [0.25, 0.3) is 0 Å². The van der Waals surface area contributed by atoms with E-state index >= 15 is 0 Å². The number of nitrogens with zero attached hydrogens (tertiary/aromatic N) is 2. The summed E-state index contributed by atoms with van der Waals surface area (Å²) in [5, 5.41) is 3.95. The Morgan fingerprint density at radius 2 is 1.72 bits per heavy atom. The van der Waals surface area contributed by atoms with Crippen LogP contribution in [0.4, 0.5) is 5.69 Å². The number of aryl methyl sites for hydroxylation is 1. The first kappa shape index (κ1) is 30.2. The molecule has 2 aromatic carbocycles. The lowest BCUT2D eigenvalue weighted by Gasteiger charge is -2.31. The number of benzene rings is 2. The van der Waals surface area contributed by atoms with E-state index < -0.39 is 16.1 Å². The van der Waals surface area contributed by atoms with Gasteiger partial charge in [-0.05, 0) is 62.1 Å². The first-order valence-electron chi connectivity index (χ1n) is 11.6. The summed E-state index contributed by atoms with van der Waals surface area (Å²) in [6, 6.07) is 9.42. The lowest BCUT2D eigenvalue weighted by atomic mass is 10.1. The molecule has 0 bridgehead atoms. The van der Waals surface area contributed by atoms with Crippen LogP contribution in [0.25, 0.3) is 0 Å². The molecule has 198 valence electrons. The Labute approximate surface area is 228 Å². The number of halogens is 3. The lowest BCUT2D eigenvalue weighted by molar-refractivity contribution is -0.141. The molecular formula is C25H32Cl3N3O4S. The molecule has 7 nitrogen and oxygen atoms in total. The van der Waals surface area contributed by atoms with Crippen LogP contribution < -0.4 is 9.62 Å². The van der Waals surface area contributed by atoms with Crippen molar-refractivity contribution in [1.82, 2.24) is 10.2 Å². The topological polar surface area (TPSA) is 86.8 Å². The zero-order chi connectivity index (χ0) is 27.0. The van der Waals surface area contributed by atoms with Gasteiger partial charge in [0.1, 0.15) is 6.04 Å². The van der Waals surface area contributed by atoms with Crippen LogP contribution >= 0.6 is 34.8 Å². The van der Waals surface area contributed by atoms with Crippen molar-refractivity contribution in [1.29, 1.82) is 0 Å². The summed E-state index contributed by atoms with van der Waals surface area (Å²) in [6.07, 6.45) is 1.83. The van der Waals surface area contributed by atoms with E-state index in [0.29, 0.717) is 33.7 Å². The predicted molar refractivity (Wildman–Crippen MR) is 147 cm³/mol. The van der Waals surface area contributed by atoms with Gasteiger partial charge < -0.3 is 10.2 Å². The van der Waals surface area contributed by atoms with Gasteiger partial charge in [0.2, 0.25) is 21.8 Å². The minimum atomic E-state index is -3.62. The van der Waals surface area contributed by atoms with Gasteiger partial charge in [-0.15, -0.1) is 0 Å². The van der Waals surface area contributed by atoms with Crippen LogP contribution in [0.3, 0.4) is 0 Å². The molecule has 0 aliphatic heterocycles. The summed E-state index contributed by atoms with van der Waals surface area (Å²) in [4.78, 5) is 27.7. The first-order chi connectivity index (χ1) is 16.9. The fourth-order valence-electron chi connectivity index (χ4n) is 3.88. The molecule has 0 saturated carbocycles. The number of hydrogen-bond acceptors (Lipinski definition) is 4. The Kier molecular flexibility index (Phi) is 11.3. The van der Waals surface area contributed by atoms with Crippen LogP contribution in [-0.2, 0) is 26.2 Å². The van der Waals surface area contributed by atoms with Crippen molar-refractivity contribution < 1.29 is 18.0 Å². The molecule has 0 aromatic heterocycles. The average molecular weight is 577 g/mol. The lowest BCUT2D eigenvalue weighted by Crippen LogP contribution is -2.49. The number of sulfonamides is 1. The third-order valence-corrected chi connectivity index (χ3v) is 7.82. The number of carbonyl (C=O) groups excluding carboxylic acids is 2. The molecule has 0 saturated heterocycles. The summed E-state index contributed by atoms with van der Waals surface area (Å²) in [5.74, 6) is -0.517. The minimum absolute atomic E-state index is 0.0445. The van der Waals surface area contributed by atoms with E-state index in [4.69, 9.17) is 34.8 Å². The van der Waals surface area contributed by atoms with E-state index in [9.17, 15) is 18.0 Å². The molecule has 11 heteroatoms. The molecule has 2 aromatic rings. The smallest absolute Gasteiger partial charge is 0.242 e. The van der Waals surface area contributed by atoms with E-state index in [0.717, 1.165) is 17.4 Å². The molecule has 0 spiro atoms. The predicted octanol–water partition coefficient (Wildman–Crippen LogP) is 5.44. The van der Waals surface area contributed by atoms with Crippen molar-refractivity contribution in [3.8, 4) is 0 Å². The number of rotatable bonds is 12. The Bertz CT molecular complexity index is 1190. The highest BCUT2D eigenvalue weighted by atomic mass is 35.5. The second kappa shape index (κ2) is 13.5. The van der Waals surface area contributed by atoms with Crippen molar-refractivity contribution in [2.45, 2.75) is 52.6 Å². The van der Waals surface area contributed by atoms with Crippen molar-refractivity contribution in [3.63, 3.8) is 0 Å². The van der Waals surface area contributed by atoms with Gasteiger partial charge in [0, 0.05) is 31.1 Å². The summed E-state index contributed by atoms with van der Waals surface area (Å²) >= 11 is 18.3. The quantitative estimate of drug-likeness (QED) is 0.364. The highest BCUT2D eigenvalue weighted by molar-refractivity contribution is 7.92. The average Bonchev–Trinajstić information content (AvgIpc) is 2.80. The van der Waals surface area contributed by atoms with Gasteiger partial charge >= 0.3 is 0 Å². The van der Waals surface area contributed by atoms with Crippen LogP contribution in [0.15, 0.2) is 36.4 Å². The molecule has 0 unspecified atom stereocenters. The molecule has 0 aliphatic carbocycles. The summed E-state index contributed by atoms with van der Waals surface area (Å²) in [5.41, 5.74) is 1.95. The molecule has 0 radical (unpaired) electrons. The third kappa shape index (κ3) is 8.26. The normalized spacial score (nSPS) is 12.2. The van der Waals surface area contributed by atoms with Crippen LogP contribution in [0, 0.1) is 6.92 Å². The second-order valence-corrected chi connectivity index (χ2v) is 11.6. The summed E-state index contributed by atoms with van der Waals surface area (Å²) < 4.78 is 26.3. The summed E-state index contributed by atoms with van der Waals surface area (Å²) in [7, 11) is -3.62. The van der Waals surface area contributed by atoms with Crippen molar-refractivity contribution >= 4 is 62.3 Å². The van der Waals surface area contributed by atoms with E-state index in [1.165, 1.54) is 9.21 Å². The molecular weight excluding hydrogens is 545 g/mol. The van der Waals surface area contributed by atoms with Crippen molar-refractivity contribution in [3.05, 3.63) is 62.6 Å². The van der Waals surface area contributed by atoms with Crippen molar-refractivity contribution in [2.24, 2.45) is 0 Å². The monoisotopic (exact) mass is 575 g/mol. The van der Waals surface area contributed by atoms with Gasteiger partial charge in [0.15, 0.2) is 0 Å². The molecule has 2 amide bonds.